The number of carbonyl (C=O) groups is 1. The number of benzene rings is 2. The Kier molecular flexibility index (Phi) is 6.92. The Bertz CT molecular complexity index is 1180. The summed E-state index contributed by atoms with van der Waals surface area (Å²) in [4.78, 5) is 20.9. The maximum Gasteiger partial charge on any atom is 0.264 e. The molecule has 0 atom stereocenters. The number of rotatable bonds is 8. The lowest BCUT2D eigenvalue weighted by Gasteiger charge is -2.22. The molecular formula is C26H23FN2O2S. The molecule has 2 heterocycles. The Balaban J connectivity index is 1.45. The van der Waals surface area contributed by atoms with Crippen molar-refractivity contribution in [3.63, 3.8) is 0 Å². The molecule has 0 saturated heterocycles. The first-order valence-corrected chi connectivity index (χ1v) is 11.1. The quantitative estimate of drug-likeness (QED) is 0.333. The maximum atomic E-state index is 13.3. The molecule has 0 radical (unpaired) electrons. The number of aryl methyl sites for hydroxylation is 1. The number of thiophene rings is 1. The second kappa shape index (κ2) is 10.2. The standard InChI is InChI=1S/C26H23FN2O2S/c1-19-5-10-25(32-19)26(30)29(17-21-11-13-28-14-12-21)16-20-6-8-24(9-7-20)31-18-22-3-2-4-23(27)15-22/h2-15H,16-18H2,1H3. The number of pyridine rings is 1. The second-order valence-electron chi connectivity index (χ2n) is 7.49. The number of hydrogen-bond acceptors (Lipinski definition) is 4. The van der Waals surface area contributed by atoms with Crippen molar-refractivity contribution in [2.45, 2.75) is 26.6 Å². The zero-order valence-corrected chi connectivity index (χ0v) is 18.5. The van der Waals surface area contributed by atoms with Gasteiger partial charge in [-0.1, -0.05) is 24.3 Å². The van der Waals surface area contributed by atoms with E-state index < -0.39 is 0 Å². The predicted molar refractivity (Wildman–Crippen MR) is 124 cm³/mol. The molecule has 0 N–H and O–H groups in total. The fraction of sp³-hybridized carbons (Fsp3) is 0.154. The van der Waals surface area contributed by atoms with Crippen molar-refractivity contribution in [2.75, 3.05) is 0 Å². The third-order valence-corrected chi connectivity index (χ3v) is 5.94. The summed E-state index contributed by atoms with van der Waals surface area (Å²) in [5.41, 5.74) is 2.80. The van der Waals surface area contributed by atoms with Gasteiger partial charge in [0.15, 0.2) is 0 Å². The van der Waals surface area contributed by atoms with E-state index in [0.717, 1.165) is 26.4 Å². The van der Waals surface area contributed by atoms with Crippen molar-refractivity contribution in [2.24, 2.45) is 0 Å². The lowest BCUT2D eigenvalue weighted by atomic mass is 10.1. The average Bonchev–Trinajstić information content (AvgIpc) is 3.25. The number of aromatic nitrogens is 1. The van der Waals surface area contributed by atoms with E-state index in [1.165, 1.54) is 23.5 Å². The van der Waals surface area contributed by atoms with Crippen LogP contribution in [-0.4, -0.2) is 15.8 Å². The zero-order valence-electron chi connectivity index (χ0n) is 17.7. The molecule has 0 saturated carbocycles. The molecule has 2 aromatic heterocycles. The largest absolute Gasteiger partial charge is 0.489 e. The van der Waals surface area contributed by atoms with Crippen LogP contribution < -0.4 is 4.74 Å². The smallest absolute Gasteiger partial charge is 0.264 e. The Morgan fingerprint density at radius 2 is 1.66 bits per heavy atom. The summed E-state index contributed by atoms with van der Waals surface area (Å²) >= 11 is 1.50. The van der Waals surface area contributed by atoms with Crippen LogP contribution in [-0.2, 0) is 19.7 Å². The maximum absolute atomic E-state index is 13.3. The fourth-order valence-corrected chi connectivity index (χ4v) is 4.15. The first-order chi connectivity index (χ1) is 15.6. The molecule has 1 amide bonds. The highest BCUT2D eigenvalue weighted by molar-refractivity contribution is 7.13. The summed E-state index contributed by atoms with van der Waals surface area (Å²) in [6, 6.07) is 21.7. The van der Waals surface area contributed by atoms with Gasteiger partial charge >= 0.3 is 0 Å². The Morgan fingerprint density at radius 3 is 2.31 bits per heavy atom. The minimum absolute atomic E-state index is 0.00587. The summed E-state index contributed by atoms with van der Waals surface area (Å²) in [6.07, 6.45) is 3.47. The van der Waals surface area contributed by atoms with Crippen molar-refractivity contribution in [1.29, 1.82) is 0 Å². The lowest BCUT2D eigenvalue weighted by molar-refractivity contribution is 0.0735. The highest BCUT2D eigenvalue weighted by atomic mass is 32.1. The normalized spacial score (nSPS) is 10.7. The fourth-order valence-electron chi connectivity index (χ4n) is 3.32. The van der Waals surface area contributed by atoms with Gasteiger partial charge in [0, 0.05) is 30.4 Å². The van der Waals surface area contributed by atoms with Crippen molar-refractivity contribution >= 4 is 17.2 Å². The van der Waals surface area contributed by atoms with Gasteiger partial charge in [0.1, 0.15) is 18.2 Å². The van der Waals surface area contributed by atoms with E-state index in [0.29, 0.717) is 25.4 Å². The third-order valence-electron chi connectivity index (χ3n) is 4.95. The van der Waals surface area contributed by atoms with Gasteiger partial charge in [-0.25, -0.2) is 4.39 Å². The number of amides is 1. The highest BCUT2D eigenvalue weighted by Gasteiger charge is 2.18. The molecule has 0 aliphatic heterocycles. The molecular weight excluding hydrogens is 423 g/mol. The lowest BCUT2D eigenvalue weighted by Crippen LogP contribution is -2.29. The van der Waals surface area contributed by atoms with Crippen LogP contribution in [0.4, 0.5) is 4.39 Å². The molecule has 0 aliphatic rings. The van der Waals surface area contributed by atoms with E-state index in [2.05, 4.69) is 4.98 Å². The number of nitrogens with zero attached hydrogens (tertiary/aromatic N) is 2. The van der Waals surface area contributed by atoms with Crippen molar-refractivity contribution in [3.8, 4) is 5.75 Å². The van der Waals surface area contributed by atoms with Gasteiger partial charge in [-0.15, -0.1) is 11.3 Å². The van der Waals surface area contributed by atoms with Crippen LogP contribution in [0.1, 0.15) is 31.2 Å². The minimum atomic E-state index is -0.277. The molecule has 0 fully saturated rings. The molecule has 2 aromatic carbocycles. The summed E-state index contributed by atoms with van der Waals surface area (Å²) in [7, 11) is 0. The van der Waals surface area contributed by atoms with Gasteiger partial charge in [-0.2, -0.15) is 0 Å². The van der Waals surface area contributed by atoms with Crippen LogP contribution in [0.2, 0.25) is 0 Å². The van der Waals surface area contributed by atoms with Gasteiger partial charge in [0.2, 0.25) is 0 Å². The minimum Gasteiger partial charge on any atom is -0.489 e. The topological polar surface area (TPSA) is 42.4 Å². The first kappa shape index (κ1) is 21.7. The summed E-state index contributed by atoms with van der Waals surface area (Å²) in [5, 5.41) is 0. The van der Waals surface area contributed by atoms with Gasteiger partial charge in [0.25, 0.3) is 5.91 Å². The Labute approximate surface area is 190 Å². The molecule has 0 spiro atoms. The Hall–Kier alpha value is -3.51. The third kappa shape index (κ3) is 5.80. The van der Waals surface area contributed by atoms with Gasteiger partial charge in [-0.3, -0.25) is 9.78 Å². The molecule has 4 rings (SSSR count). The van der Waals surface area contributed by atoms with Gasteiger partial charge in [-0.05, 0) is 72.1 Å². The molecule has 0 aliphatic carbocycles. The van der Waals surface area contributed by atoms with E-state index in [1.807, 2.05) is 66.4 Å². The van der Waals surface area contributed by atoms with E-state index in [1.54, 1.807) is 18.5 Å². The SMILES string of the molecule is Cc1ccc(C(=O)N(Cc2ccncc2)Cc2ccc(OCc3cccc(F)c3)cc2)s1. The molecule has 0 unspecified atom stereocenters. The highest BCUT2D eigenvalue weighted by Crippen LogP contribution is 2.21. The van der Waals surface area contributed by atoms with Crippen LogP contribution in [0.15, 0.2) is 85.2 Å². The van der Waals surface area contributed by atoms with Crippen LogP contribution in [0.5, 0.6) is 5.75 Å². The number of hydrogen-bond donors (Lipinski definition) is 0. The zero-order chi connectivity index (χ0) is 22.3. The predicted octanol–water partition coefficient (Wildman–Crippen LogP) is 6.01. The molecule has 0 bridgehead atoms. The summed E-state index contributed by atoms with van der Waals surface area (Å²) in [6.45, 7) is 3.26. The van der Waals surface area contributed by atoms with Crippen LogP contribution in [0.3, 0.4) is 0 Å². The molecule has 32 heavy (non-hydrogen) atoms. The van der Waals surface area contributed by atoms with E-state index in [9.17, 15) is 9.18 Å². The number of carbonyl (C=O) groups excluding carboxylic acids is 1. The van der Waals surface area contributed by atoms with Gasteiger partial charge in [0.05, 0.1) is 4.88 Å². The van der Waals surface area contributed by atoms with Crippen LogP contribution >= 0.6 is 11.3 Å². The molecule has 162 valence electrons. The van der Waals surface area contributed by atoms with Crippen molar-refractivity contribution in [3.05, 3.63) is 117 Å². The van der Waals surface area contributed by atoms with Crippen LogP contribution in [0.25, 0.3) is 0 Å². The molecule has 4 aromatic rings. The Morgan fingerprint density at radius 1 is 0.938 bits per heavy atom. The van der Waals surface area contributed by atoms with E-state index in [-0.39, 0.29) is 11.7 Å². The second-order valence-corrected chi connectivity index (χ2v) is 8.78. The monoisotopic (exact) mass is 446 g/mol. The summed E-state index contributed by atoms with van der Waals surface area (Å²) < 4.78 is 19.1. The van der Waals surface area contributed by atoms with Crippen molar-refractivity contribution < 1.29 is 13.9 Å². The number of ether oxygens (including phenoxy) is 1. The average molecular weight is 447 g/mol. The van der Waals surface area contributed by atoms with Crippen LogP contribution in [0, 0.1) is 12.7 Å². The summed E-state index contributed by atoms with van der Waals surface area (Å²) in [5.74, 6) is 0.423. The van der Waals surface area contributed by atoms with Gasteiger partial charge < -0.3 is 9.64 Å². The molecule has 6 heteroatoms. The van der Waals surface area contributed by atoms with E-state index in [4.69, 9.17) is 4.74 Å². The first-order valence-electron chi connectivity index (χ1n) is 10.3. The molecule has 4 nitrogen and oxygen atoms in total. The number of halogens is 1. The van der Waals surface area contributed by atoms with E-state index >= 15 is 0 Å². The van der Waals surface area contributed by atoms with Crippen molar-refractivity contribution in [1.82, 2.24) is 9.88 Å².